The van der Waals surface area contributed by atoms with Crippen LogP contribution in [-0.4, -0.2) is 19.5 Å². The molecule has 9 aromatic rings. The van der Waals surface area contributed by atoms with Gasteiger partial charge in [-0.3, -0.25) is 0 Å². The maximum Gasteiger partial charge on any atom is 0.164 e. The molecule has 53 heavy (non-hydrogen) atoms. The number of rotatable bonds is 4. The molecule has 4 heteroatoms. The van der Waals surface area contributed by atoms with Crippen LogP contribution in [0.5, 0.6) is 0 Å². The highest BCUT2D eigenvalue weighted by Gasteiger charge is 2.38. The second kappa shape index (κ2) is 11.7. The van der Waals surface area contributed by atoms with Gasteiger partial charge in [-0.1, -0.05) is 137 Å². The summed E-state index contributed by atoms with van der Waals surface area (Å²) in [4.78, 5) is 14.9. The Labute approximate surface area is 309 Å². The second-order valence-corrected chi connectivity index (χ2v) is 15.9. The summed E-state index contributed by atoms with van der Waals surface area (Å²) < 4.78 is 2.51. The summed E-state index contributed by atoms with van der Waals surface area (Å²) in [5, 5.41) is 7.75. The van der Waals surface area contributed by atoms with Crippen LogP contribution in [-0.2, 0) is 10.8 Å². The van der Waals surface area contributed by atoms with Crippen LogP contribution in [0, 0.1) is 0 Å². The molecule has 256 valence electrons. The zero-order chi connectivity index (χ0) is 35.9. The van der Waals surface area contributed by atoms with Gasteiger partial charge >= 0.3 is 0 Å². The van der Waals surface area contributed by atoms with Crippen molar-refractivity contribution in [2.24, 2.45) is 0 Å². The predicted octanol–water partition coefficient (Wildman–Crippen LogP) is 12.6. The Bertz CT molecular complexity index is 2810. The molecule has 2 aromatic heterocycles. The average Bonchev–Trinajstić information content (AvgIpc) is 3.55. The van der Waals surface area contributed by atoms with Gasteiger partial charge in [-0.15, -0.1) is 0 Å². The number of benzene rings is 7. The SMILES string of the molecule is CC1(C)CCC(C)(C)c2cc3c(cc21)c1c2ccccc2c2ccccc2c1n3-c1ccc(-c2nc(-c3ccccc3)nc(-c3ccccc3)n2)cc1. The number of fused-ring (bicyclic) bond motifs is 9. The number of nitrogens with zero attached hydrogens (tertiary/aromatic N) is 4. The van der Waals surface area contributed by atoms with E-state index in [0.717, 1.165) is 22.4 Å². The minimum absolute atomic E-state index is 0.0833. The Hall–Kier alpha value is -6.13. The molecular formula is C49H40N4. The van der Waals surface area contributed by atoms with Crippen molar-refractivity contribution in [1.82, 2.24) is 19.5 Å². The van der Waals surface area contributed by atoms with E-state index in [1.165, 1.54) is 67.3 Å². The van der Waals surface area contributed by atoms with E-state index in [4.69, 9.17) is 15.0 Å². The van der Waals surface area contributed by atoms with E-state index >= 15 is 0 Å². The van der Waals surface area contributed by atoms with Crippen molar-refractivity contribution < 1.29 is 0 Å². The first-order valence-electron chi connectivity index (χ1n) is 18.7. The van der Waals surface area contributed by atoms with Crippen molar-refractivity contribution in [3.63, 3.8) is 0 Å². The molecule has 0 radical (unpaired) electrons. The summed E-state index contributed by atoms with van der Waals surface area (Å²) in [6.45, 7) is 9.68. The fourth-order valence-electron chi connectivity index (χ4n) is 8.70. The van der Waals surface area contributed by atoms with Crippen LogP contribution in [0.1, 0.15) is 51.7 Å². The summed E-state index contributed by atoms with van der Waals surface area (Å²) in [5.74, 6) is 1.98. The molecule has 0 saturated carbocycles. The lowest BCUT2D eigenvalue weighted by Crippen LogP contribution is -2.33. The lowest BCUT2D eigenvalue weighted by atomic mass is 9.63. The Morgan fingerprint density at radius 2 is 0.868 bits per heavy atom. The first-order valence-corrected chi connectivity index (χ1v) is 18.7. The van der Waals surface area contributed by atoms with Crippen LogP contribution in [0.25, 0.3) is 83.2 Å². The molecule has 0 N–H and O–H groups in total. The molecule has 0 fully saturated rings. The van der Waals surface area contributed by atoms with Gasteiger partial charge in [-0.25, -0.2) is 15.0 Å². The van der Waals surface area contributed by atoms with Gasteiger partial charge in [-0.05, 0) is 87.4 Å². The van der Waals surface area contributed by atoms with Crippen molar-refractivity contribution in [3.05, 3.63) is 157 Å². The van der Waals surface area contributed by atoms with Crippen LogP contribution in [0.2, 0.25) is 0 Å². The van der Waals surface area contributed by atoms with Crippen molar-refractivity contribution in [2.75, 3.05) is 0 Å². The molecular weight excluding hydrogens is 645 g/mol. The Kier molecular flexibility index (Phi) is 6.97. The van der Waals surface area contributed by atoms with Crippen LogP contribution in [0.15, 0.2) is 146 Å². The normalized spacial score (nSPS) is 14.9. The highest BCUT2D eigenvalue weighted by molar-refractivity contribution is 6.32. The second-order valence-electron chi connectivity index (χ2n) is 15.9. The third-order valence-corrected chi connectivity index (χ3v) is 11.7. The molecule has 1 aliphatic rings. The van der Waals surface area contributed by atoms with Crippen molar-refractivity contribution in [3.8, 4) is 39.9 Å². The Morgan fingerprint density at radius 1 is 0.434 bits per heavy atom. The highest BCUT2D eigenvalue weighted by atomic mass is 15.0. The zero-order valence-corrected chi connectivity index (χ0v) is 30.6. The summed E-state index contributed by atoms with van der Waals surface area (Å²) in [6.07, 6.45) is 2.35. The van der Waals surface area contributed by atoms with Gasteiger partial charge in [0.1, 0.15) is 0 Å². The predicted molar refractivity (Wildman–Crippen MR) is 221 cm³/mol. The lowest BCUT2D eigenvalue weighted by molar-refractivity contribution is 0.332. The molecule has 0 atom stereocenters. The van der Waals surface area contributed by atoms with E-state index in [1.54, 1.807) is 0 Å². The lowest BCUT2D eigenvalue weighted by Gasteiger charge is -2.42. The molecule has 0 bridgehead atoms. The molecule has 4 nitrogen and oxygen atoms in total. The largest absolute Gasteiger partial charge is 0.309 e. The zero-order valence-electron chi connectivity index (χ0n) is 30.6. The topological polar surface area (TPSA) is 43.6 Å². The third kappa shape index (κ3) is 5.00. The summed E-state index contributed by atoms with van der Waals surface area (Å²) in [6, 6.07) is 52.0. The van der Waals surface area contributed by atoms with Crippen LogP contribution < -0.4 is 0 Å². The minimum Gasteiger partial charge on any atom is -0.309 e. The molecule has 2 heterocycles. The number of hydrogen-bond acceptors (Lipinski definition) is 3. The molecule has 0 spiro atoms. The third-order valence-electron chi connectivity index (χ3n) is 11.7. The molecule has 0 aliphatic heterocycles. The van der Waals surface area contributed by atoms with E-state index in [1.807, 2.05) is 36.4 Å². The van der Waals surface area contributed by atoms with E-state index < -0.39 is 0 Å². The molecule has 1 aliphatic carbocycles. The minimum atomic E-state index is 0.0833. The summed E-state index contributed by atoms with van der Waals surface area (Å²) in [5.41, 5.74) is 9.60. The highest BCUT2D eigenvalue weighted by Crippen LogP contribution is 2.50. The van der Waals surface area contributed by atoms with Gasteiger partial charge in [-0.2, -0.15) is 0 Å². The fraction of sp³-hybridized carbons (Fsp3) is 0.163. The quantitative estimate of drug-likeness (QED) is 0.173. The molecule has 10 rings (SSSR count). The molecule has 7 aromatic carbocycles. The smallest absolute Gasteiger partial charge is 0.164 e. The first kappa shape index (κ1) is 31.6. The monoisotopic (exact) mass is 684 g/mol. The van der Waals surface area contributed by atoms with Crippen molar-refractivity contribution in [1.29, 1.82) is 0 Å². The fourth-order valence-corrected chi connectivity index (χ4v) is 8.70. The Morgan fingerprint density at radius 3 is 1.42 bits per heavy atom. The van der Waals surface area contributed by atoms with Gasteiger partial charge < -0.3 is 4.57 Å². The van der Waals surface area contributed by atoms with Crippen molar-refractivity contribution >= 4 is 43.4 Å². The first-order chi connectivity index (χ1) is 25.8. The van der Waals surface area contributed by atoms with Crippen molar-refractivity contribution in [2.45, 2.75) is 51.4 Å². The number of hydrogen-bond donors (Lipinski definition) is 0. The van der Waals surface area contributed by atoms with E-state index in [2.05, 4.69) is 141 Å². The molecule has 0 unspecified atom stereocenters. The Balaban J connectivity index is 1.24. The van der Waals surface area contributed by atoms with E-state index in [0.29, 0.717) is 17.5 Å². The van der Waals surface area contributed by atoms with Crippen LogP contribution in [0.4, 0.5) is 0 Å². The van der Waals surface area contributed by atoms with Gasteiger partial charge in [0.25, 0.3) is 0 Å². The van der Waals surface area contributed by atoms with Gasteiger partial charge in [0.05, 0.1) is 11.0 Å². The summed E-state index contributed by atoms with van der Waals surface area (Å²) >= 11 is 0. The van der Waals surface area contributed by atoms with Gasteiger partial charge in [0.2, 0.25) is 0 Å². The van der Waals surface area contributed by atoms with Gasteiger partial charge in [0.15, 0.2) is 17.5 Å². The molecule has 0 amide bonds. The number of aromatic nitrogens is 4. The van der Waals surface area contributed by atoms with E-state index in [-0.39, 0.29) is 10.8 Å². The maximum absolute atomic E-state index is 5.02. The standard InChI is InChI=1S/C49H40N4/c1-48(2)27-28-49(3,4)41-30-42-39(29-40(41)48)43-37-21-13-11-19-35(37)36-20-12-14-22-38(36)44(43)53(42)34-25-23-33(24-26-34)47-51-45(31-15-7-5-8-16-31)50-46(52-47)32-17-9-6-10-18-32/h5-26,29-30H,27-28H2,1-4H3. The maximum atomic E-state index is 5.02. The summed E-state index contributed by atoms with van der Waals surface area (Å²) in [7, 11) is 0. The van der Waals surface area contributed by atoms with Gasteiger partial charge in [0, 0.05) is 38.5 Å². The average molecular weight is 685 g/mol. The van der Waals surface area contributed by atoms with Crippen LogP contribution in [0.3, 0.4) is 0 Å². The van der Waals surface area contributed by atoms with Crippen LogP contribution >= 0.6 is 0 Å². The molecule has 0 saturated heterocycles. The van der Waals surface area contributed by atoms with E-state index in [9.17, 15) is 0 Å².